The molecule has 0 spiro atoms. The Labute approximate surface area is 123 Å². The second-order valence-electron chi connectivity index (χ2n) is 6.52. The van der Waals surface area contributed by atoms with Crippen LogP contribution < -0.4 is 0 Å². The Kier molecular flexibility index (Phi) is 4.13. The van der Waals surface area contributed by atoms with Crippen molar-refractivity contribution in [3.8, 4) is 0 Å². The molecule has 0 N–H and O–H groups in total. The van der Waals surface area contributed by atoms with Crippen LogP contribution in [-0.2, 0) is 15.7 Å². The van der Waals surface area contributed by atoms with Crippen molar-refractivity contribution >= 4 is 12.7 Å². The Morgan fingerprint density at radius 2 is 1.55 bits per heavy atom. The molecule has 0 unspecified atom stereocenters. The minimum absolute atomic E-state index is 0.272. The van der Waals surface area contributed by atoms with Gasteiger partial charge in [-0.3, -0.25) is 0 Å². The summed E-state index contributed by atoms with van der Waals surface area (Å²) in [4.78, 5) is 0. The lowest BCUT2D eigenvalue weighted by Gasteiger charge is -2.32. The zero-order valence-electron chi connectivity index (χ0n) is 13.5. The van der Waals surface area contributed by atoms with E-state index < -0.39 is 0 Å². The van der Waals surface area contributed by atoms with Gasteiger partial charge in [0.2, 0.25) is 0 Å². The summed E-state index contributed by atoms with van der Waals surface area (Å²) >= 11 is 0. The molecule has 0 saturated carbocycles. The van der Waals surface area contributed by atoms with E-state index in [0.29, 0.717) is 0 Å². The van der Waals surface area contributed by atoms with Gasteiger partial charge in [0.15, 0.2) is 0 Å². The van der Waals surface area contributed by atoms with Crippen LogP contribution >= 0.6 is 0 Å². The fourth-order valence-corrected chi connectivity index (χ4v) is 2.26. The summed E-state index contributed by atoms with van der Waals surface area (Å²) in [5.41, 5.74) is 3.21. The molecule has 0 atom stereocenters. The molecule has 1 aromatic rings. The maximum Gasteiger partial charge on any atom is 0.487 e. The summed E-state index contributed by atoms with van der Waals surface area (Å²) in [6, 6.07) is 8.68. The van der Waals surface area contributed by atoms with Crippen LogP contribution in [0.2, 0.25) is 0 Å². The zero-order chi connectivity index (χ0) is 15.0. The van der Waals surface area contributed by atoms with E-state index in [4.69, 9.17) is 9.31 Å². The lowest BCUT2D eigenvalue weighted by atomic mass is 9.85. The van der Waals surface area contributed by atoms with Crippen LogP contribution in [0.25, 0.3) is 5.57 Å². The molecule has 20 heavy (non-hydrogen) atoms. The molecular formula is C17H25BO2. The van der Waals surface area contributed by atoms with Crippen molar-refractivity contribution < 1.29 is 9.31 Å². The molecule has 2 rings (SSSR count). The Morgan fingerprint density at radius 3 is 2.00 bits per heavy atom. The number of allylic oxidation sites excluding steroid dienone is 1. The smallest absolute Gasteiger partial charge is 0.400 e. The lowest BCUT2D eigenvalue weighted by Crippen LogP contribution is -2.41. The van der Waals surface area contributed by atoms with Gasteiger partial charge in [-0.25, -0.2) is 0 Å². The normalized spacial score (nSPS) is 21.3. The first-order chi connectivity index (χ1) is 9.25. The number of benzene rings is 1. The van der Waals surface area contributed by atoms with Crippen molar-refractivity contribution in [2.24, 2.45) is 0 Å². The third-order valence-electron chi connectivity index (χ3n) is 4.48. The van der Waals surface area contributed by atoms with E-state index in [1.807, 2.05) is 0 Å². The SMILES string of the molecule is CCc1ccc(C(C)=CB2OC(C)(C)C(C)(C)O2)cc1. The molecule has 0 radical (unpaired) electrons. The van der Waals surface area contributed by atoms with Gasteiger partial charge in [0, 0.05) is 0 Å². The van der Waals surface area contributed by atoms with Gasteiger partial charge in [-0.1, -0.05) is 42.7 Å². The first kappa shape index (κ1) is 15.3. The quantitative estimate of drug-likeness (QED) is 0.764. The number of rotatable bonds is 3. The molecular weight excluding hydrogens is 247 g/mol. The number of hydrogen-bond acceptors (Lipinski definition) is 2. The van der Waals surface area contributed by atoms with Crippen LogP contribution in [0.4, 0.5) is 0 Å². The topological polar surface area (TPSA) is 18.5 Å². The maximum atomic E-state index is 6.00. The van der Waals surface area contributed by atoms with Gasteiger partial charge in [0.25, 0.3) is 0 Å². The van der Waals surface area contributed by atoms with Crippen LogP contribution in [-0.4, -0.2) is 18.3 Å². The standard InChI is InChI=1S/C17H25BO2/c1-7-14-8-10-15(11-9-14)13(2)12-18-19-16(3,4)17(5,6)20-18/h8-12H,7H2,1-6H3. The van der Waals surface area contributed by atoms with Gasteiger partial charge in [0.1, 0.15) is 0 Å². The molecule has 1 aromatic carbocycles. The van der Waals surface area contributed by atoms with Crippen molar-refractivity contribution in [2.75, 3.05) is 0 Å². The summed E-state index contributed by atoms with van der Waals surface area (Å²) in [5, 5.41) is 0. The van der Waals surface area contributed by atoms with Crippen molar-refractivity contribution in [1.29, 1.82) is 0 Å². The molecule has 1 aliphatic rings. The third-order valence-corrected chi connectivity index (χ3v) is 4.48. The van der Waals surface area contributed by atoms with Crippen molar-refractivity contribution in [2.45, 2.75) is 59.2 Å². The second kappa shape index (κ2) is 5.38. The minimum Gasteiger partial charge on any atom is -0.400 e. The molecule has 3 heteroatoms. The van der Waals surface area contributed by atoms with Crippen molar-refractivity contribution in [3.05, 3.63) is 41.4 Å². The molecule has 0 aliphatic carbocycles. The van der Waals surface area contributed by atoms with Crippen LogP contribution in [0.1, 0.15) is 52.7 Å². The summed E-state index contributed by atoms with van der Waals surface area (Å²) in [6.45, 7) is 12.6. The molecule has 1 heterocycles. The molecule has 0 aromatic heterocycles. The van der Waals surface area contributed by atoms with Gasteiger partial charge in [-0.2, -0.15) is 0 Å². The third kappa shape index (κ3) is 2.99. The molecule has 0 amide bonds. The monoisotopic (exact) mass is 272 g/mol. The van der Waals surface area contributed by atoms with Crippen LogP contribution in [0, 0.1) is 0 Å². The van der Waals surface area contributed by atoms with Crippen molar-refractivity contribution in [1.82, 2.24) is 0 Å². The largest absolute Gasteiger partial charge is 0.487 e. The highest BCUT2D eigenvalue weighted by Gasteiger charge is 2.50. The Bertz CT molecular complexity index is 484. The van der Waals surface area contributed by atoms with Gasteiger partial charge >= 0.3 is 7.12 Å². The van der Waals surface area contributed by atoms with E-state index in [2.05, 4.69) is 71.8 Å². The lowest BCUT2D eigenvalue weighted by molar-refractivity contribution is 0.00578. The van der Waals surface area contributed by atoms with E-state index in [-0.39, 0.29) is 18.3 Å². The average Bonchev–Trinajstić information content (AvgIpc) is 2.57. The maximum absolute atomic E-state index is 6.00. The molecule has 1 saturated heterocycles. The fourth-order valence-electron chi connectivity index (χ4n) is 2.26. The highest BCUT2D eigenvalue weighted by molar-refractivity contribution is 6.53. The summed E-state index contributed by atoms with van der Waals surface area (Å²) in [5.74, 6) is 2.07. The van der Waals surface area contributed by atoms with Crippen molar-refractivity contribution in [3.63, 3.8) is 0 Å². The minimum atomic E-state index is -0.277. The molecule has 108 valence electrons. The van der Waals surface area contributed by atoms with E-state index in [0.717, 1.165) is 6.42 Å². The van der Waals surface area contributed by atoms with Gasteiger partial charge in [-0.05, 0) is 52.2 Å². The second-order valence-corrected chi connectivity index (χ2v) is 6.52. The van der Waals surface area contributed by atoms with E-state index in [1.54, 1.807) is 0 Å². The van der Waals surface area contributed by atoms with Gasteiger partial charge in [0.05, 0.1) is 11.2 Å². The van der Waals surface area contributed by atoms with E-state index in [1.165, 1.54) is 16.7 Å². The average molecular weight is 272 g/mol. The van der Waals surface area contributed by atoms with Gasteiger partial charge in [-0.15, -0.1) is 0 Å². The van der Waals surface area contributed by atoms with E-state index in [9.17, 15) is 0 Å². The predicted octanol–water partition coefficient (Wildman–Crippen LogP) is 4.28. The molecule has 1 aliphatic heterocycles. The number of aryl methyl sites for hydroxylation is 1. The Morgan fingerprint density at radius 1 is 1.05 bits per heavy atom. The highest BCUT2D eigenvalue weighted by Crippen LogP contribution is 2.37. The van der Waals surface area contributed by atoms with Gasteiger partial charge < -0.3 is 9.31 Å². The first-order valence-electron chi connectivity index (χ1n) is 7.38. The van der Waals surface area contributed by atoms with Crippen LogP contribution in [0.15, 0.2) is 30.2 Å². The molecule has 1 fully saturated rings. The Hall–Kier alpha value is -1.06. The van der Waals surface area contributed by atoms with Crippen LogP contribution in [0.3, 0.4) is 0 Å². The highest BCUT2D eigenvalue weighted by atomic mass is 16.7. The first-order valence-corrected chi connectivity index (χ1v) is 7.38. The predicted molar refractivity (Wildman–Crippen MR) is 85.6 cm³/mol. The Balaban J connectivity index is 2.15. The van der Waals surface area contributed by atoms with Crippen LogP contribution in [0.5, 0.6) is 0 Å². The molecule has 2 nitrogen and oxygen atoms in total. The zero-order valence-corrected chi connectivity index (χ0v) is 13.5. The van der Waals surface area contributed by atoms with E-state index >= 15 is 0 Å². The summed E-state index contributed by atoms with van der Waals surface area (Å²) in [6.07, 6.45) is 1.07. The summed E-state index contributed by atoms with van der Waals surface area (Å²) < 4.78 is 12.0. The summed E-state index contributed by atoms with van der Waals surface area (Å²) in [7, 11) is -0.272. The fraction of sp³-hybridized carbons (Fsp3) is 0.529. The molecule has 0 bridgehead atoms. The number of hydrogen-bond donors (Lipinski definition) is 0.